The number of fused-ring (bicyclic) bond motifs is 1. The van der Waals surface area contributed by atoms with E-state index in [1.165, 1.54) is 16.5 Å². The largest absolute Gasteiger partial charge is 0.464 e. The van der Waals surface area contributed by atoms with Gasteiger partial charge in [0.1, 0.15) is 5.58 Å². The normalized spacial score (nSPS) is 12.9. The summed E-state index contributed by atoms with van der Waals surface area (Å²) in [5.41, 5.74) is 3.37. The molecule has 0 spiro atoms. The highest BCUT2D eigenvalue weighted by Gasteiger charge is 2.16. The summed E-state index contributed by atoms with van der Waals surface area (Å²) in [6.45, 7) is 2.99. The van der Waals surface area contributed by atoms with Crippen molar-refractivity contribution >= 4 is 11.0 Å². The number of nitrogens with one attached hydrogen (secondary N) is 1. The Morgan fingerprint density at radius 2 is 2.20 bits per heavy atom. The lowest BCUT2D eigenvalue weighted by atomic mass is 10.0. The number of hydrogen-bond donors (Lipinski definition) is 1. The molecule has 0 radical (unpaired) electrons. The van der Waals surface area contributed by atoms with Crippen molar-refractivity contribution in [2.45, 2.75) is 25.9 Å². The first-order valence-corrected chi connectivity index (χ1v) is 6.96. The zero-order valence-electron chi connectivity index (χ0n) is 11.8. The lowest BCUT2D eigenvalue weighted by Gasteiger charge is -2.13. The number of hydrogen-bond acceptors (Lipinski definition) is 3. The summed E-state index contributed by atoms with van der Waals surface area (Å²) < 4.78 is 7.59. The molecule has 104 valence electrons. The maximum absolute atomic E-state index is 5.64. The molecule has 4 heteroatoms. The molecule has 0 saturated carbocycles. The lowest BCUT2D eigenvalue weighted by molar-refractivity contribution is 0.563. The maximum atomic E-state index is 5.64. The van der Waals surface area contributed by atoms with E-state index in [1.807, 2.05) is 42.4 Å². The van der Waals surface area contributed by atoms with Gasteiger partial charge in [-0.1, -0.05) is 18.2 Å². The van der Waals surface area contributed by atoms with Gasteiger partial charge in [-0.25, -0.2) is 0 Å². The topological polar surface area (TPSA) is 43.0 Å². The molecular formula is C16H19N3O. The molecule has 0 aliphatic carbocycles. The molecule has 0 saturated heterocycles. The van der Waals surface area contributed by atoms with Crippen LogP contribution in [0.5, 0.6) is 0 Å². The van der Waals surface area contributed by atoms with E-state index in [1.54, 1.807) is 0 Å². The quantitative estimate of drug-likeness (QED) is 0.773. The second-order valence-electron chi connectivity index (χ2n) is 4.94. The van der Waals surface area contributed by atoms with Gasteiger partial charge >= 0.3 is 0 Å². The molecule has 0 amide bonds. The Bertz CT molecular complexity index is 698. The van der Waals surface area contributed by atoms with Gasteiger partial charge in [-0.2, -0.15) is 5.10 Å². The Morgan fingerprint density at radius 1 is 1.35 bits per heavy atom. The van der Waals surface area contributed by atoms with Gasteiger partial charge < -0.3 is 9.73 Å². The molecule has 1 aromatic carbocycles. The summed E-state index contributed by atoms with van der Waals surface area (Å²) in [6, 6.07) is 8.38. The van der Waals surface area contributed by atoms with Crippen LogP contribution in [0.2, 0.25) is 0 Å². The predicted molar refractivity (Wildman–Crippen MR) is 79.6 cm³/mol. The molecule has 3 rings (SSSR count). The van der Waals surface area contributed by atoms with Crippen LogP contribution >= 0.6 is 0 Å². The van der Waals surface area contributed by atoms with Crippen molar-refractivity contribution in [1.29, 1.82) is 0 Å². The van der Waals surface area contributed by atoms with Gasteiger partial charge in [0.15, 0.2) is 0 Å². The lowest BCUT2D eigenvalue weighted by Crippen LogP contribution is -2.18. The molecule has 3 aromatic rings. The number of furan rings is 1. The van der Waals surface area contributed by atoms with Gasteiger partial charge in [-0.3, -0.25) is 4.68 Å². The highest BCUT2D eigenvalue weighted by atomic mass is 16.3. The van der Waals surface area contributed by atoms with E-state index in [9.17, 15) is 0 Å². The Kier molecular flexibility index (Phi) is 3.56. The summed E-state index contributed by atoms with van der Waals surface area (Å²) in [7, 11) is 1.98. The monoisotopic (exact) mass is 269 g/mol. The van der Waals surface area contributed by atoms with E-state index in [4.69, 9.17) is 4.42 Å². The van der Waals surface area contributed by atoms with Crippen LogP contribution in [0.15, 0.2) is 47.3 Å². The zero-order valence-corrected chi connectivity index (χ0v) is 11.8. The minimum atomic E-state index is 0.230. The average Bonchev–Trinajstić information content (AvgIpc) is 3.11. The van der Waals surface area contributed by atoms with Crippen LogP contribution in [0.3, 0.4) is 0 Å². The number of aryl methyl sites for hydroxylation is 1. The van der Waals surface area contributed by atoms with Crippen LogP contribution in [0.25, 0.3) is 11.0 Å². The second-order valence-corrected chi connectivity index (χ2v) is 4.94. The molecule has 20 heavy (non-hydrogen) atoms. The molecule has 0 bridgehead atoms. The summed E-state index contributed by atoms with van der Waals surface area (Å²) in [4.78, 5) is 0. The number of rotatable bonds is 5. The van der Waals surface area contributed by atoms with Gasteiger partial charge in [0, 0.05) is 29.7 Å². The first kappa shape index (κ1) is 12.9. The average molecular weight is 269 g/mol. The molecular weight excluding hydrogens is 250 g/mol. The highest BCUT2D eigenvalue weighted by molar-refractivity contribution is 5.81. The van der Waals surface area contributed by atoms with E-state index < -0.39 is 0 Å². The number of benzene rings is 1. The first-order valence-electron chi connectivity index (χ1n) is 6.96. The van der Waals surface area contributed by atoms with Gasteiger partial charge in [-0.15, -0.1) is 0 Å². The van der Waals surface area contributed by atoms with Crippen LogP contribution in [0.1, 0.15) is 24.1 Å². The zero-order chi connectivity index (χ0) is 13.9. The third kappa shape index (κ3) is 2.34. The first-order chi connectivity index (χ1) is 9.81. The Balaban J connectivity index is 1.89. The smallest absolute Gasteiger partial charge is 0.134 e. The van der Waals surface area contributed by atoms with E-state index in [-0.39, 0.29) is 6.04 Å². The number of likely N-dealkylation sites (N-methyl/N-ethyl adjacent to an activating group) is 1. The van der Waals surface area contributed by atoms with Crippen molar-refractivity contribution in [3.63, 3.8) is 0 Å². The standard InChI is InChI=1S/C16H19N3O/c1-3-19-10-12(9-18-19)8-15(17-2)14-11-20-16-7-5-4-6-13(14)16/h4-7,9-11,15,17H,3,8H2,1-2H3. The molecule has 4 nitrogen and oxygen atoms in total. The number of para-hydroxylation sites is 1. The highest BCUT2D eigenvalue weighted by Crippen LogP contribution is 2.28. The summed E-state index contributed by atoms with van der Waals surface area (Å²) >= 11 is 0. The Labute approximate surface area is 118 Å². The van der Waals surface area contributed by atoms with Crippen molar-refractivity contribution in [3.8, 4) is 0 Å². The van der Waals surface area contributed by atoms with E-state index >= 15 is 0 Å². The fourth-order valence-electron chi connectivity index (χ4n) is 2.56. The third-order valence-corrected chi connectivity index (χ3v) is 3.69. The predicted octanol–water partition coefficient (Wildman–Crippen LogP) is 3.15. The molecule has 0 aliphatic heterocycles. The van der Waals surface area contributed by atoms with Crippen molar-refractivity contribution in [2.24, 2.45) is 0 Å². The molecule has 0 fully saturated rings. The number of aromatic nitrogens is 2. The Morgan fingerprint density at radius 3 is 2.95 bits per heavy atom. The van der Waals surface area contributed by atoms with E-state index in [2.05, 4.69) is 29.6 Å². The summed E-state index contributed by atoms with van der Waals surface area (Å²) in [5, 5.41) is 8.88. The van der Waals surface area contributed by atoms with Gasteiger partial charge in [-0.05, 0) is 32.0 Å². The minimum Gasteiger partial charge on any atom is -0.464 e. The molecule has 2 heterocycles. The fraction of sp³-hybridized carbons (Fsp3) is 0.312. The van der Waals surface area contributed by atoms with Gasteiger partial charge in [0.05, 0.1) is 12.5 Å². The Hall–Kier alpha value is -2.07. The van der Waals surface area contributed by atoms with Crippen LogP contribution in [-0.2, 0) is 13.0 Å². The van der Waals surface area contributed by atoms with Gasteiger partial charge in [0.2, 0.25) is 0 Å². The van der Waals surface area contributed by atoms with Crippen LogP contribution < -0.4 is 5.32 Å². The van der Waals surface area contributed by atoms with Crippen molar-refractivity contribution < 1.29 is 4.42 Å². The summed E-state index contributed by atoms with van der Waals surface area (Å²) in [5.74, 6) is 0. The number of nitrogens with zero attached hydrogens (tertiary/aromatic N) is 2. The van der Waals surface area contributed by atoms with Crippen molar-refractivity contribution in [2.75, 3.05) is 7.05 Å². The molecule has 1 unspecified atom stereocenters. The SMILES string of the molecule is CCn1cc(CC(NC)c2coc3ccccc23)cn1. The fourth-order valence-corrected chi connectivity index (χ4v) is 2.56. The molecule has 1 N–H and O–H groups in total. The second kappa shape index (κ2) is 5.51. The molecule has 2 aromatic heterocycles. The summed E-state index contributed by atoms with van der Waals surface area (Å²) in [6.07, 6.45) is 6.80. The van der Waals surface area contributed by atoms with Crippen molar-refractivity contribution in [3.05, 3.63) is 54.0 Å². The van der Waals surface area contributed by atoms with E-state index in [0.29, 0.717) is 0 Å². The van der Waals surface area contributed by atoms with E-state index in [0.717, 1.165) is 18.5 Å². The van der Waals surface area contributed by atoms with Crippen molar-refractivity contribution in [1.82, 2.24) is 15.1 Å². The van der Waals surface area contributed by atoms with Gasteiger partial charge in [0.25, 0.3) is 0 Å². The minimum absolute atomic E-state index is 0.230. The van der Waals surface area contributed by atoms with Crippen LogP contribution in [0.4, 0.5) is 0 Å². The maximum Gasteiger partial charge on any atom is 0.134 e. The molecule has 0 aliphatic rings. The van der Waals surface area contributed by atoms with Crippen LogP contribution in [-0.4, -0.2) is 16.8 Å². The third-order valence-electron chi connectivity index (χ3n) is 3.69. The van der Waals surface area contributed by atoms with Crippen LogP contribution in [0, 0.1) is 0 Å². The molecule has 1 atom stereocenters.